The fourth-order valence-electron chi connectivity index (χ4n) is 2.23. The smallest absolute Gasteiger partial charge is 0.178 e. The van der Waals surface area contributed by atoms with Gasteiger partial charge in [0.1, 0.15) is 0 Å². The van der Waals surface area contributed by atoms with Crippen molar-refractivity contribution in [3.8, 4) is 0 Å². The molecule has 0 spiro atoms. The van der Waals surface area contributed by atoms with Gasteiger partial charge in [0.05, 0.1) is 0 Å². The van der Waals surface area contributed by atoms with Crippen molar-refractivity contribution in [1.29, 1.82) is 0 Å². The van der Waals surface area contributed by atoms with Crippen LogP contribution in [-0.4, -0.2) is 5.78 Å². The molecule has 0 fully saturated rings. The van der Waals surface area contributed by atoms with Gasteiger partial charge in [0, 0.05) is 4.88 Å². The molecule has 2 rings (SSSR count). The van der Waals surface area contributed by atoms with Crippen molar-refractivity contribution in [2.24, 2.45) is 0 Å². The maximum Gasteiger partial charge on any atom is 0.178 e. The molecule has 0 aliphatic heterocycles. The molecule has 0 radical (unpaired) electrons. The van der Waals surface area contributed by atoms with Gasteiger partial charge >= 0.3 is 0 Å². The lowest BCUT2D eigenvalue weighted by Crippen LogP contribution is -1.90. The molecule has 102 valence electrons. The summed E-state index contributed by atoms with van der Waals surface area (Å²) in [5.41, 5.74) is 4.79. The highest BCUT2D eigenvalue weighted by Crippen LogP contribution is 2.18. The second kappa shape index (κ2) is 6.49. The van der Waals surface area contributed by atoms with Crippen molar-refractivity contribution in [2.45, 2.75) is 20.8 Å². The zero-order valence-corrected chi connectivity index (χ0v) is 12.8. The van der Waals surface area contributed by atoms with Crippen molar-refractivity contribution in [1.82, 2.24) is 0 Å². The van der Waals surface area contributed by atoms with Crippen molar-refractivity contribution in [3.63, 3.8) is 0 Å². The van der Waals surface area contributed by atoms with Crippen molar-refractivity contribution in [3.05, 3.63) is 68.9 Å². The van der Waals surface area contributed by atoms with Crippen LogP contribution in [0.5, 0.6) is 0 Å². The molecule has 0 aliphatic carbocycles. The molecule has 1 aromatic carbocycles. The summed E-state index contributed by atoms with van der Waals surface area (Å²) in [5, 5.41) is 2.00. The number of hydrogen-bond donors (Lipinski definition) is 0. The number of thiophene rings is 1. The molecular weight excluding hydrogens is 264 g/mol. The van der Waals surface area contributed by atoms with Gasteiger partial charge in [-0.3, -0.25) is 4.79 Å². The summed E-state index contributed by atoms with van der Waals surface area (Å²) < 4.78 is 0. The van der Waals surface area contributed by atoms with Crippen LogP contribution in [0.15, 0.2) is 41.8 Å². The molecule has 2 heteroatoms. The van der Waals surface area contributed by atoms with Crippen LogP contribution >= 0.6 is 11.3 Å². The molecule has 0 N–H and O–H groups in total. The Kier molecular flexibility index (Phi) is 4.70. The Labute approximate surface area is 124 Å². The molecule has 1 heterocycles. The van der Waals surface area contributed by atoms with Crippen LogP contribution in [0.25, 0.3) is 12.2 Å². The molecule has 2 aromatic rings. The van der Waals surface area contributed by atoms with Gasteiger partial charge in [-0.25, -0.2) is 0 Å². The third-order valence-corrected chi connectivity index (χ3v) is 3.94. The third kappa shape index (κ3) is 3.78. The highest BCUT2D eigenvalue weighted by atomic mass is 32.1. The van der Waals surface area contributed by atoms with Gasteiger partial charge in [-0.2, -0.15) is 0 Å². The fourth-order valence-corrected chi connectivity index (χ4v) is 2.84. The highest BCUT2D eigenvalue weighted by Gasteiger charge is 2.00. The van der Waals surface area contributed by atoms with Crippen LogP contribution in [0.1, 0.15) is 27.1 Å². The van der Waals surface area contributed by atoms with Crippen LogP contribution in [0.4, 0.5) is 0 Å². The van der Waals surface area contributed by atoms with E-state index in [2.05, 4.69) is 32.9 Å². The van der Waals surface area contributed by atoms with Crippen LogP contribution in [-0.2, 0) is 4.79 Å². The number of benzene rings is 1. The van der Waals surface area contributed by atoms with E-state index < -0.39 is 0 Å². The molecule has 0 atom stereocenters. The summed E-state index contributed by atoms with van der Waals surface area (Å²) in [4.78, 5) is 12.9. The van der Waals surface area contributed by atoms with Crippen molar-refractivity contribution < 1.29 is 4.79 Å². The quantitative estimate of drug-likeness (QED) is 0.724. The first-order chi connectivity index (χ1) is 9.56. The van der Waals surface area contributed by atoms with E-state index in [-0.39, 0.29) is 5.78 Å². The summed E-state index contributed by atoms with van der Waals surface area (Å²) in [6.07, 6.45) is 7.01. The Morgan fingerprint density at radius 1 is 1.05 bits per heavy atom. The summed E-state index contributed by atoms with van der Waals surface area (Å²) in [6, 6.07) is 8.24. The summed E-state index contributed by atoms with van der Waals surface area (Å²) in [6.45, 7) is 6.24. The summed E-state index contributed by atoms with van der Waals surface area (Å²) in [7, 11) is 0. The average molecular weight is 282 g/mol. The number of allylic oxidation sites excluding steroid dienone is 2. The molecule has 20 heavy (non-hydrogen) atoms. The Balaban J connectivity index is 2.12. The minimum absolute atomic E-state index is 0.0118. The first-order valence-electron chi connectivity index (χ1n) is 6.58. The predicted molar refractivity (Wildman–Crippen MR) is 88.0 cm³/mol. The molecule has 0 saturated carbocycles. The zero-order chi connectivity index (χ0) is 14.5. The maximum absolute atomic E-state index is 11.8. The number of rotatable bonds is 4. The van der Waals surface area contributed by atoms with Crippen LogP contribution in [0.3, 0.4) is 0 Å². The van der Waals surface area contributed by atoms with E-state index in [1.807, 2.05) is 29.7 Å². The van der Waals surface area contributed by atoms with E-state index in [4.69, 9.17) is 0 Å². The number of hydrogen-bond acceptors (Lipinski definition) is 2. The largest absolute Gasteiger partial charge is 0.290 e. The van der Waals surface area contributed by atoms with Gasteiger partial charge in [-0.15, -0.1) is 11.3 Å². The monoisotopic (exact) mass is 282 g/mol. The molecule has 1 aromatic heterocycles. The predicted octanol–water partition coefficient (Wildman–Crippen LogP) is 4.97. The number of carbonyl (C=O) groups excluding carboxylic acids is 1. The van der Waals surface area contributed by atoms with Gasteiger partial charge in [0.15, 0.2) is 5.78 Å². The van der Waals surface area contributed by atoms with E-state index in [0.29, 0.717) is 0 Å². The SMILES string of the molecule is Cc1cc(C)c(/C=C/C(=O)/C=C/c2cccs2)c(C)c1. The lowest BCUT2D eigenvalue weighted by molar-refractivity contribution is -0.110. The van der Waals surface area contributed by atoms with Gasteiger partial charge in [-0.05, 0) is 67.1 Å². The molecule has 0 amide bonds. The van der Waals surface area contributed by atoms with Gasteiger partial charge in [0.2, 0.25) is 0 Å². The van der Waals surface area contributed by atoms with Crippen LogP contribution in [0, 0.1) is 20.8 Å². The van der Waals surface area contributed by atoms with E-state index in [9.17, 15) is 4.79 Å². The second-order valence-electron chi connectivity index (χ2n) is 4.90. The van der Waals surface area contributed by atoms with Crippen LogP contribution < -0.4 is 0 Å². The number of carbonyl (C=O) groups is 1. The second-order valence-corrected chi connectivity index (χ2v) is 5.88. The first-order valence-corrected chi connectivity index (χ1v) is 7.46. The minimum atomic E-state index is 0.0118. The Hall–Kier alpha value is -1.93. The topological polar surface area (TPSA) is 17.1 Å². The molecular formula is C18H18OS. The molecule has 0 aliphatic rings. The zero-order valence-electron chi connectivity index (χ0n) is 12.0. The lowest BCUT2D eigenvalue weighted by atomic mass is 9.99. The van der Waals surface area contributed by atoms with Gasteiger partial charge in [0.25, 0.3) is 0 Å². The molecule has 0 saturated heterocycles. The van der Waals surface area contributed by atoms with Gasteiger partial charge < -0.3 is 0 Å². The molecule has 0 unspecified atom stereocenters. The van der Waals surface area contributed by atoms with Crippen LogP contribution in [0.2, 0.25) is 0 Å². The standard InChI is InChI=1S/C18H18OS/c1-13-11-14(2)18(15(3)12-13)9-7-16(19)6-8-17-5-4-10-20-17/h4-12H,1-3H3/b8-6+,9-7+. The Morgan fingerprint density at radius 3 is 2.30 bits per heavy atom. The minimum Gasteiger partial charge on any atom is -0.290 e. The molecule has 0 bridgehead atoms. The maximum atomic E-state index is 11.8. The highest BCUT2D eigenvalue weighted by molar-refractivity contribution is 7.10. The van der Waals surface area contributed by atoms with Crippen molar-refractivity contribution >= 4 is 29.3 Å². The fraction of sp³-hybridized carbons (Fsp3) is 0.167. The van der Waals surface area contributed by atoms with Gasteiger partial charge in [-0.1, -0.05) is 29.8 Å². The van der Waals surface area contributed by atoms with E-state index >= 15 is 0 Å². The van der Waals surface area contributed by atoms with Crippen molar-refractivity contribution in [2.75, 3.05) is 0 Å². The number of ketones is 1. The first kappa shape index (κ1) is 14.5. The van der Waals surface area contributed by atoms with E-state index in [1.54, 1.807) is 23.5 Å². The Bertz CT molecular complexity index is 638. The average Bonchev–Trinajstić information content (AvgIpc) is 2.88. The van der Waals surface area contributed by atoms with E-state index in [1.165, 1.54) is 16.7 Å². The van der Waals surface area contributed by atoms with E-state index in [0.717, 1.165) is 10.4 Å². The summed E-state index contributed by atoms with van der Waals surface area (Å²) >= 11 is 1.62. The lowest BCUT2D eigenvalue weighted by Gasteiger charge is -2.06. The summed E-state index contributed by atoms with van der Waals surface area (Å²) in [5.74, 6) is 0.0118. The Morgan fingerprint density at radius 2 is 1.70 bits per heavy atom. The normalized spacial score (nSPS) is 11.6. The molecule has 1 nitrogen and oxygen atoms in total. The third-order valence-electron chi connectivity index (χ3n) is 3.11. The number of aryl methyl sites for hydroxylation is 3.